The minimum absolute atomic E-state index is 0.149. The van der Waals surface area contributed by atoms with Crippen LogP contribution in [0.4, 0.5) is 4.39 Å². The van der Waals surface area contributed by atoms with Gasteiger partial charge in [-0.15, -0.1) is 5.10 Å². The van der Waals surface area contributed by atoms with E-state index in [1.807, 2.05) is 31.2 Å². The van der Waals surface area contributed by atoms with E-state index < -0.39 is 5.82 Å². The van der Waals surface area contributed by atoms with E-state index in [1.165, 1.54) is 10.7 Å². The Kier molecular flexibility index (Phi) is 6.87. The Labute approximate surface area is 207 Å². The molecule has 182 valence electrons. The van der Waals surface area contributed by atoms with Crippen LogP contribution in [0.2, 0.25) is 0 Å². The fourth-order valence-corrected chi connectivity index (χ4v) is 3.70. The third kappa shape index (κ3) is 4.90. The molecule has 0 saturated carbocycles. The molecule has 36 heavy (non-hydrogen) atoms. The van der Waals surface area contributed by atoms with Crippen molar-refractivity contribution in [3.63, 3.8) is 0 Å². The van der Waals surface area contributed by atoms with E-state index in [0.29, 0.717) is 17.2 Å². The highest BCUT2D eigenvalue weighted by atomic mass is 19.1. The van der Waals surface area contributed by atoms with Gasteiger partial charge in [-0.3, -0.25) is 4.98 Å². The van der Waals surface area contributed by atoms with Crippen molar-refractivity contribution in [1.82, 2.24) is 35.4 Å². The predicted octanol–water partition coefficient (Wildman–Crippen LogP) is 4.31. The molecule has 5 rings (SSSR count). The van der Waals surface area contributed by atoms with Crippen molar-refractivity contribution < 1.29 is 13.7 Å². The zero-order valence-corrected chi connectivity index (χ0v) is 19.8. The third-order valence-electron chi connectivity index (χ3n) is 5.71. The van der Waals surface area contributed by atoms with Crippen LogP contribution in [0, 0.1) is 5.82 Å². The molecule has 1 atom stereocenters. The van der Waals surface area contributed by atoms with Gasteiger partial charge in [0.15, 0.2) is 5.69 Å². The smallest absolute Gasteiger partial charge is 0.281 e. The van der Waals surface area contributed by atoms with Crippen molar-refractivity contribution in [2.24, 2.45) is 0 Å². The van der Waals surface area contributed by atoms with Crippen LogP contribution in [0.15, 0.2) is 77.6 Å². The maximum atomic E-state index is 14.6. The molecule has 9 nitrogen and oxygen atoms in total. The third-order valence-corrected chi connectivity index (χ3v) is 5.71. The number of nitrogens with one attached hydrogen (secondary N) is 1. The fraction of sp³-hybridized carbons (Fsp3) is 0.192. The first-order chi connectivity index (χ1) is 17.6. The van der Waals surface area contributed by atoms with Crippen LogP contribution >= 0.6 is 0 Å². The first-order valence-electron chi connectivity index (χ1n) is 11.4. The molecular formula is C26H24FN7O2. The van der Waals surface area contributed by atoms with Gasteiger partial charge in [-0.25, -0.2) is 9.07 Å². The molecule has 5 aromatic rings. The predicted molar refractivity (Wildman–Crippen MR) is 131 cm³/mol. The summed E-state index contributed by atoms with van der Waals surface area (Å²) in [5, 5.41) is 16.0. The molecule has 10 heteroatoms. The summed E-state index contributed by atoms with van der Waals surface area (Å²) in [5.41, 5.74) is 3.77. The lowest BCUT2D eigenvalue weighted by atomic mass is 10.1. The van der Waals surface area contributed by atoms with Gasteiger partial charge in [0.2, 0.25) is 5.82 Å². The van der Waals surface area contributed by atoms with Gasteiger partial charge < -0.3 is 14.6 Å². The number of rotatable bonds is 9. The van der Waals surface area contributed by atoms with E-state index in [1.54, 1.807) is 49.8 Å². The van der Waals surface area contributed by atoms with Crippen molar-refractivity contribution in [2.75, 3.05) is 13.7 Å². The van der Waals surface area contributed by atoms with Crippen LogP contribution in [0.25, 0.3) is 39.9 Å². The van der Waals surface area contributed by atoms with Gasteiger partial charge in [-0.1, -0.05) is 46.8 Å². The van der Waals surface area contributed by atoms with Crippen molar-refractivity contribution >= 4 is 0 Å². The van der Waals surface area contributed by atoms with Crippen LogP contribution in [0.5, 0.6) is 0 Å². The summed E-state index contributed by atoms with van der Waals surface area (Å²) in [4.78, 5) is 8.63. The maximum Gasteiger partial charge on any atom is 0.281 e. The van der Waals surface area contributed by atoms with Gasteiger partial charge in [-0.05, 0) is 36.8 Å². The summed E-state index contributed by atoms with van der Waals surface area (Å²) in [6.07, 6.45) is 3.43. The second-order valence-corrected chi connectivity index (χ2v) is 8.18. The lowest BCUT2D eigenvalue weighted by Gasteiger charge is -2.10. The maximum absolute atomic E-state index is 14.6. The summed E-state index contributed by atoms with van der Waals surface area (Å²) in [7, 11) is 1.70. The van der Waals surface area contributed by atoms with Crippen molar-refractivity contribution in [3.8, 4) is 39.9 Å². The summed E-state index contributed by atoms with van der Waals surface area (Å²) < 4.78 is 26.9. The highest BCUT2D eigenvalue weighted by Crippen LogP contribution is 2.32. The Balaban J connectivity index is 1.44. The molecule has 3 heterocycles. The van der Waals surface area contributed by atoms with E-state index >= 15 is 0 Å². The van der Waals surface area contributed by atoms with Crippen LogP contribution in [-0.2, 0) is 11.3 Å². The number of hydrogen-bond acceptors (Lipinski definition) is 8. The Hall–Kier alpha value is -4.28. The molecule has 0 amide bonds. The van der Waals surface area contributed by atoms with Gasteiger partial charge in [-0.2, -0.15) is 4.98 Å². The molecule has 0 spiro atoms. The zero-order chi connectivity index (χ0) is 24.9. The van der Waals surface area contributed by atoms with Crippen molar-refractivity contribution in [2.45, 2.75) is 19.6 Å². The largest absolute Gasteiger partial charge is 0.380 e. The van der Waals surface area contributed by atoms with Gasteiger partial charge >= 0.3 is 0 Å². The van der Waals surface area contributed by atoms with Gasteiger partial charge in [0.1, 0.15) is 17.2 Å². The molecule has 0 bridgehead atoms. The molecule has 0 saturated heterocycles. The summed E-state index contributed by atoms with van der Waals surface area (Å²) in [6, 6.07) is 17.8. The monoisotopic (exact) mass is 485 g/mol. The highest BCUT2D eigenvalue weighted by molar-refractivity contribution is 5.76. The molecule has 2 aromatic carbocycles. The molecule has 0 radical (unpaired) electrons. The van der Waals surface area contributed by atoms with Crippen LogP contribution in [0.1, 0.15) is 12.5 Å². The number of aromatic nitrogens is 6. The SMILES string of the molecule is COC(C)CNCc1ccc(-c2noc(-c3nnn(-c4ccccc4F)c3-c3ccncc3)n2)cc1. The van der Waals surface area contributed by atoms with E-state index in [4.69, 9.17) is 9.26 Å². The van der Waals surface area contributed by atoms with Crippen LogP contribution < -0.4 is 5.32 Å². The number of benzene rings is 2. The number of ether oxygens (including phenoxy) is 1. The number of pyridine rings is 1. The lowest BCUT2D eigenvalue weighted by Crippen LogP contribution is -2.25. The summed E-state index contributed by atoms with van der Waals surface area (Å²) in [5.74, 6) is 0.166. The highest BCUT2D eigenvalue weighted by Gasteiger charge is 2.24. The molecule has 0 fully saturated rings. The first kappa shape index (κ1) is 23.5. The number of hydrogen-bond donors (Lipinski definition) is 1. The first-order valence-corrected chi connectivity index (χ1v) is 11.4. The van der Waals surface area contributed by atoms with Gasteiger partial charge in [0.25, 0.3) is 5.89 Å². The number of methoxy groups -OCH3 is 1. The number of halogens is 1. The molecule has 0 aliphatic carbocycles. The van der Waals surface area contributed by atoms with E-state index in [0.717, 1.165) is 29.8 Å². The lowest BCUT2D eigenvalue weighted by molar-refractivity contribution is 0.117. The standard InChI is InChI=1S/C26H24FN7O2/c1-17(35-2)15-29-16-18-7-9-20(10-8-18)25-30-26(36-32-25)23-24(19-11-13-28-14-12-19)34(33-31-23)22-6-4-3-5-21(22)27/h3-14,17,29H,15-16H2,1-2H3. The number of nitrogens with zero attached hydrogens (tertiary/aromatic N) is 6. The fourth-order valence-electron chi connectivity index (χ4n) is 3.70. The minimum Gasteiger partial charge on any atom is -0.380 e. The van der Waals surface area contributed by atoms with E-state index in [-0.39, 0.29) is 17.7 Å². The second kappa shape index (κ2) is 10.5. The number of para-hydroxylation sites is 1. The Morgan fingerprint density at radius 1 is 1.03 bits per heavy atom. The molecule has 0 aliphatic heterocycles. The van der Waals surface area contributed by atoms with Crippen molar-refractivity contribution in [3.05, 3.63) is 84.4 Å². The second-order valence-electron chi connectivity index (χ2n) is 8.18. The van der Waals surface area contributed by atoms with Gasteiger partial charge in [0.05, 0.1) is 6.10 Å². The normalized spacial score (nSPS) is 12.1. The average Bonchev–Trinajstić information content (AvgIpc) is 3.57. The van der Waals surface area contributed by atoms with Crippen LogP contribution in [-0.4, -0.2) is 49.9 Å². The topological polar surface area (TPSA) is 104 Å². The zero-order valence-electron chi connectivity index (χ0n) is 19.8. The Morgan fingerprint density at radius 3 is 2.56 bits per heavy atom. The summed E-state index contributed by atoms with van der Waals surface area (Å²) >= 11 is 0. The average molecular weight is 486 g/mol. The van der Waals surface area contributed by atoms with E-state index in [2.05, 4.69) is 30.8 Å². The van der Waals surface area contributed by atoms with Crippen molar-refractivity contribution in [1.29, 1.82) is 0 Å². The molecule has 0 aliphatic rings. The van der Waals surface area contributed by atoms with Crippen LogP contribution in [0.3, 0.4) is 0 Å². The molecular weight excluding hydrogens is 461 g/mol. The Morgan fingerprint density at radius 2 is 1.81 bits per heavy atom. The summed E-state index contributed by atoms with van der Waals surface area (Å²) in [6.45, 7) is 3.50. The molecule has 1 N–H and O–H groups in total. The minimum atomic E-state index is -0.429. The quantitative estimate of drug-likeness (QED) is 0.329. The van der Waals surface area contributed by atoms with E-state index in [9.17, 15) is 4.39 Å². The Bertz CT molecular complexity index is 1430. The molecule has 1 unspecified atom stereocenters. The molecule has 3 aromatic heterocycles. The van der Waals surface area contributed by atoms with Gasteiger partial charge in [0, 0.05) is 43.7 Å².